The number of nitrogens with one attached hydrogen (secondary N) is 2. The van der Waals surface area contributed by atoms with Crippen LogP contribution in [0.1, 0.15) is 90.8 Å². The van der Waals surface area contributed by atoms with Gasteiger partial charge in [-0.1, -0.05) is 93.8 Å². The third kappa shape index (κ3) is 11.1. The molecule has 0 aliphatic heterocycles. The summed E-state index contributed by atoms with van der Waals surface area (Å²) in [4.78, 5) is 42.6. The molecule has 2 rings (SSSR count). The summed E-state index contributed by atoms with van der Waals surface area (Å²) in [5, 5.41) is 5.94. The monoisotopic (exact) mass is 537 g/mol. The second-order valence-electron chi connectivity index (χ2n) is 11.1. The van der Waals surface area contributed by atoms with Crippen molar-refractivity contribution >= 4 is 17.9 Å². The Hall–Kier alpha value is -3.35. The number of rotatable bonds is 14. The standard InChI is InChI=1S/C32H47N3O4/c1-7-9-16-22-35(28(26-20-14-11-15-21-26)29(36)33-24(3)17-8-2)30(37)27(23-25-18-12-10-13-19-25)34-31(38)39-32(4,5)6/h10-15,18-21,24,27-28H,7-9,16-17,22-23H2,1-6H3,(H,33,36)(H,34,38). The van der Waals surface area contributed by atoms with Crippen molar-refractivity contribution < 1.29 is 19.1 Å². The van der Waals surface area contributed by atoms with Gasteiger partial charge in [0, 0.05) is 19.0 Å². The lowest BCUT2D eigenvalue weighted by Gasteiger charge is -2.35. The first-order chi connectivity index (χ1) is 18.6. The van der Waals surface area contributed by atoms with Gasteiger partial charge in [0.25, 0.3) is 0 Å². The Morgan fingerprint density at radius 3 is 2.05 bits per heavy atom. The van der Waals surface area contributed by atoms with Gasteiger partial charge in [0.05, 0.1) is 0 Å². The summed E-state index contributed by atoms with van der Waals surface area (Å²) < 4.78 is 5.51. The van der Waals surface area contributed by atoms with Gasteiger partial charge in [-0.05, 0) is 51.7 Å². The number of benzene rings is 2. The Morgan fingerprint density at radius 2 is 1.49 bits per heavy atom. The van der Waals surface area contributed by atoms with Crippen molar-refractivity contribution in [2.24, 2.45) is 0 Å². The quantitative estimate of drug-likeness (QED) is 0.281. The minimum absolute atomic E-state index is 0.0266. The molecule has 0 radical (unpaired) electrons. The lowest BCUT2D eigenvalue weighted by molar-refractivity contribution is -0.142. The van der Waals surface area contributed by atoms with E-state index >= 15 is 0 Å². The van der Waals surface area contributed by atoms with E-state index in [-0.39, 0.29) is 24.3 Å². The first-order valence-electron chi connectivity index (χ1n) is 14.2. The van der Waals surface area contributed by atoms with Crippen LogP contribution >= 0.6 is 0 Å². The fourth-order valence-electron chi connectivity index (χ4n) is 4.53. The number of hydrogen-bond acceptors (Lipinski definition) is 4. The number of ether oxygens (including phenoxy) is 1. The van der Waals surface area contributed by atoms with Crippen molar-refractivity contribution in [2.75, 3.05) is 6.54 Å². The zero-order valence-electron chi connectivity index (χ0n) is 24.5. The predicted molar refractivity (Wildman–Crippen MR) is 156 cm³/mol. The fourth-order valence-corrected chi connectivity index (χ4v) is 4.53. The zero-order valence-corrected chi connectivity index (χ0v) is 24.5. The predicted octanol–water partition coefficient (Wildman–Crippen LogP) is 6.19. The van der Waals surface area contributed by atoms with Crippen LogP contribution in [0.25, 0.3) is 0 Å². The van der Waals surface area contributed by atoms with Crippen LogP contribution in [0.3, 0.4) is 0 Å². The van der Waals surface area contributed by atoms with Crippen LogP contribution in [-0.2, 0) is 20.7 Å². The minimum atomic E-state index is -0.907. The number of alkyl carbamates (subject to hydrolysis) is 1. The largest absolute Gasteiger partial charge is 0.444 e. The normalized spacial score (nSPS) is 13.6. The molecular weight excluding hydrogens is 490 g/mol. The van der Waals surface area contributed by atoms with Crippen LogP contribution in [0, 0.1) is 0 Å². The van der Waals surface area contributed by atoms with Crippen molar-refractivity contribution in [3.8, 4) is 0 Å². The average Bonchev–Trinajstić information content (AvgIpc) is 2.87. The molecule has 0 spiro atoms. The molecule has 2 aromatic rings. The molecule has 0 saturated carbocycles. The van der Waals surface area contributed by atoms with Crippen LogP contribution in [0.4, 0.5) is 4.79 Å². The Labute approximate surface area is 234 Å². The summed E-state index contributed by atoms with van der Waals surface area (Å²) in [5.41, 5.74) is 0.921. The van der Waals surface area contributed by atoms with Crippen LogP contribution in [0.15, 0.2) is 60.7 Å². The van der Waals surface area contributed by atoms with Gasteiger partial charge in [0.1, 0.15) is 17.7 Å². The van der Waals surface area contributed by atoms with Crippen LogP contribution in [0.5, 0.6) is 0 Å². The lowest BCUT2D eigenvalue weighted by Crippen LogP contribution is -2.54. The molecule has 214 valence electrons. The van der Waals surface area contributed by atoms with Crippen molar-refractivity contribution in [3.63, 3.8) is 0 Å². The molecule has 2 N–H and O–H groups in total. The Morgan fingerprint density at radius 1 is 0.872 bits per heavy atom. The van der Waals surface area contributed by atoms with Crippen LogP contribution < -0.4 is 10.6 Å². The summed E-state index contributed by atoms with van der Waals surface area (Å²) in [5.74, 6) is -0.532. The summed E-state index contributed by atoms with van der Waals surface area (Å²) in [6, 6.07) is 17.2. The van der Waals surface area contributed by atoms with Gasteiger partial charge in [-0.25, -0.2) is 4.79 Å². The molecule has 7 heteroatoms. The highest BCUT2D eigenvalue weighted by Crippen LogP contribution is 2.24. The van der Waals surface area contributed by atoms with Gasteiger partial charge in [-0.3, -0.25) is 9.59 Å². The van der Waals surface area contributed by atoms with Gasteiger partial charge in [-0.15, -0.1) is 0 Å². The van der Waals surface area contributed by atoms with E-state index in [1.807, 2.05) is 67.6 Å². The molecule has 3 atom stereocenters. The van der Waals surface area contributed by atoms with Crippen molar-refractivity contribution in [1.82, 2.24) is 15.5 Å². The van der Waals surface area contributed by atoms with Gasteiger partial charge < -0.3 is 20.3 Å². The third-order valence-corrected chi connectivity index (χ3v) is 6.34. The maximum Gasteiger partial charge on any atom is 0.408 e. The number of amides is 3. The van der Waals surface area contributed by atoms with E-state index in [1.165, 1.54) is 0 Å². The van der Waals surface area contributed by atoms with E-state index < -0.39 is 23.8 Å². The fraction of sp³-hybridized carbons (Fsp3) is 0.531. The lowest BCUT2D eigenvalue weighted by atomic mass is 9.99. The molecule has 0 bridgehead atoms. The number of unbranched alkanes of at least 4 members (excludes halogenated alkanes) is 2. The summed E-state index contributed by atoms with van der Waals surface area (Å²) in [6.45, 7) is 11.9. The molecular formula is C32H47N3O4. The van der Waals surface area contributed by atoms with E-state index in [4.69, 9.17) is 4.74 Å². The maximum absolute atomic E-state index is 14.3. The topological polar surface area (TPSA) is 87.7 Å². The van der Waals surface area contributed by atoms with E-state index in [0.717, 1.165) is 43.2 Å². The Kier molecular flexibility index (Phi) is 13.0. The molecule has 0 aliphatic carbocycles. The van der Waals surface area contributed by atoms with Gasteiger partial charge >= 0.3 is 6.09 Å². The average molecular weight is 538 g/mol. The highest BCUT2D eigenvalue weighted by molar-refractivity contribution is 5.92. The molecule has 3 amide bonds. The molecule has 7 nitrogen and oxygen atoms in total. The molecule has 3 unspecified atom stereocenters. The van der Waals surface area contributed by atoms with Crippen LogP contribution in [-0.4, -0.2) is 47.0 Å². The first kappa shape index (κ1) is 31.9. The summed E-state index contributed by atoms with van der Waals surface area (Å²) in [7, 11) is 0. The van der Waals surface area contributed by atoms with E-state index in [2.05, 4.69) is 24.5 Å². The van der Waals surface area contributed by atoms with Gasteiger partial charge in [0.15, 0.2) is 0 Å². The van der Waals surface area contributed by atoms with Crippen LogP contribution in [0.2, 0.25) is 0 Å². The van der Waals surface area contributed by atoms with Gasteiger partial charge in [0.2, 0.25) is 11.8 Å². The second kappa shape index (κ2) is 15.9. The minimum Gasteiger partial charge on any atom is -0.444 e. The molecule has 0 saturated heterocycles. The number of carbonyl (C=O) groups excluding carboxylic acids is 3. The van der Waals surface area contributed by atoms with E-state index in [1.54, 1.807) is 25.7 Å². The zero-order chi connectivity index (χ0) is 28.8. The Bertz CT molecular complexity index is 1020. The SMILES string of the molecule is CCCCCN(C(=O)C(Cc1ccccc1)NC(=O)OC(C)(C)C)C(C(=O)NC(C)CCC)c1ccccc1. The second-order valence-corrected chi connectivity index (χ2v) is 11.1. The molecule has 39 heavy (non-hydrogen) atoms. The van der Waals surface area contributed by atoms with Crippen molar-refractivity contribution in [3.05, 3.63) is 71.8 Å². The number of carbonyl (C=O) groups is 3. The van der Waals surface area contributed by atoms with E-state index in [0.29, 0.717) is 6.54 Å². The van der Waals surface area contributed by atoms with E-state index in [9.17, 15) is 14.4 Å². The molecule has 0 heterocycles. The molecule has 0 fully saturated rings. The van der Waals surface area contributed by atoms with Crippen molar-refractivity contribution in [2.45, 2.75) is 104 Å². The first-order valence-corrected chi connectivity index (χ1v) is 14.2. The van der Waals surface area contributed by atoms with Crippen molar-refractivity contribution in [1.29, 1.82) is 0 Å². The van der Waals surface area contributed by atoms with Gasteiger partial charge in [-0.2, -0.15) is 0 Å². The summed E-state index contributed by atoms with van der Waals surface area (Å²) >= 11 is 0. The molecule has 2 aromatic carbocycles. The number of hydrogen-bond donors (Lipinski definition) is 2. The Balaban J connectivity index is 2.50. The number of nitrogens with zero attached hydrogens (tertiary/aromatic N) is 1. The molecule has 0 aromatic heterocycles. The molecule has 0 aliphatic rings. The highest BCUT2D eigenvalue weighted by atomic mass is 16.6. The highest BCUT2D eigenvalue weighted by Gasteiger charge is 2.36. The third-order valence-electron chi connectivity index (χ3n) is 6.34. The smallest absolute Gasteiger partial charge is 0.408 e. The summed E-state index contributed by atoms with van der Waals surface area (Å²) in [6.07, 6.45) is 4.03. The maximum atomic E-state index is 14.3.